The molecule has 2 aliphatic rings. The van der Waals surface area contributed by atoms with Gasteiger partial charge in [-0.05, 0) is 24.3 Å². The molecule has 0 fully saturated rings. The molecule has 0 saturated heterocycles. The van der Waals surface area contributed by atoms with Crippen molar-refractivity contribution in [2.24, 2.45) is 0 Å². The summed E-state index contributed by atoms with van der Waals surface area (Å²) in [6, 6.07) is 21.5. The van der Waals surface area contributed by atoms with Crippen LogP contribution in [0.15, 0.2) is 92.6 Å². The van der Waals surface area contributed by atoms with Crippen LogP contribution in [0, 0.1) is 0 Å². The first-order valence-corrected chi connectivity index (χ1v) is 12.0. The largest absolute Gasteiger partial charge is 0.252 e. The minimum Gasteiger partial charge on any atom is -0.252 e. The van der Waals surface area contributed by atoms with Crippen LogP contribution in [0.3, 0.4) is 0 Å². The average Bonchev–Trinajstić information content (AvgIpc) is 3.37. The summed E-state index contributed by atoms with van der Waals surface area (Å²) in [5.74, 6) is 0. The maximum atomic E-state index is 4.73. The van der Waals surface area contributed by atoms with Crippen molar-refractivity contribution in [3.05, 3.63) is 83.5 Å². The van der Waals surface area contributed by atoms with E-state index >= 15 is 0 Å². The van der Waals surface area contributed by atoms with Crippen molar-refractivity contribution in [2.45, 2.75) is 19.6 Å². The predicted molar refractivity (Wildman–Crippen MR) is 122 cm³/mol. The number of nitrogens with zero attached hydrogens (tertiary/aromatic N) is 2. The normalized spacial score (nSPS) is 15.1. The molecule has 0 atom stereocenters. The van der Waals surface area contributed by atoms with Gasteiger partial charge < -0.3 is 0 Å². The third-order valence-electron chi connectivity index (χ3n) is 4.57. The van der Waals surface area contributed by atoms with E-state index in [9.17, 15) is 0 Å². The molecule has 28 heavy (non-hydrogen) atoms. The Morgan fingerprint density at radius 1 is 0.464 bits per heavy atom. The lowest BCUT2D eigenvalue weighted by Crippen LogP contribution is -2.15. The summed E-state index contributed by atoms with van der Waals surface area (Å²) in [6.45, 7) is 0. The molecule has 6 heteroatoms. The quantitative estimate of drug-likeness (QED) is 0.361. The molecule has 3 aromatic carbocycles. The zero-order chi connectivity index (χ0) is 18.5. The maximum absolute atomic E-state index is 4.73. The van der Waals surface area contributed by atoms with Crippen molar-refractivity contribution >= 4 is 66.6 Å². The molecule has 0 bridgehead atoms. The number of benzene rings is 3. The van der Waals surface area contributed by atoms with Crippen LogP contribution in [0.2, 0.25) is 0 Å². The first-order chi connectivity index (χ1) is 13.9. The number of aromatic nitrogens is 2. The molecule has 0 radical (unpaired) electrons. The minimum absolute atomic E-state index is 0.979. The summed E-state index contributed by atoms with van der Waals surface area (Å²) in [5.41, 5.74) is 1.96. The molecule has 2 nitrogen and oxygen atoms in total. The highest BCUT2D eigenvalue weighted by Crippen LogP contribution is 2.52. The molecule has 2 aliphatic heterocycles. The maximum Gasteiger partial charge on any atom is 0.0982 e. The molecular formula is C22H12N2S4. The Balaban J connectivity index is 1.58. The monoisotopic (exact) mass is 432 g/mol. The van der Waals surface area contributed by atoms with Crippen molar-refractivity contribution < 1.29 is 0 Å². The van der Waals surface area contributed by atoms with Gasteiger partial charge in [0, 0.05) is 42.4 Å². The molecule has 6 rings (SSSR count). The average molecular weight is 433 g/mol. The van der Waals surface area contributed by atoms with Crippen molar-refractivity contribution in [3.63, 3.8) is 0 Å². The van der Waals surface area contributed by atoms with E-state index < -0.39 is 0 Å². The zero-order valence-corrected chi connectivity index (χ0v) is 17.7. The molecule has 0 N–H and O–H groups in total. The molecule has 4 aromatic rings. The molecule has 0 unspecified atom stereocenters. The van der Waals surface area contributed by atoms with Crippen LogP contribution in [0.25, 0.3) is 19.5 Å². The van der Waals surface area contributed by atoms with Gasteiger partial charge in [-0.25, -0.2) is 0 Å². The van der Waals surface area contributed by atoms with Crippen LogP contribution in [0.5, 0.6) is 0 Å². The first-order valence-electron chi connectivity index (χ1n) is 8.75. The highest BCUT2D eigenvalue weighted by atomic mass is 32.2. The molecule has 3 heterocycles. The lowest BCUT2D eigenvalue weighted by molar-refractivity contribution is 1.27. The standard InChI is InChI=1S/C22H12N2S4/c1-2-6-16-15(5-1)25-21(26-16)13-9-10-14(20-19(13)23-11-12-24-20)22-27-17-7-3-4-8-18(17)28-22/h1-12H. The van der Waals surface area contributed by atoms with E-state index in [2.05, 4.69) is 60.7 Å². The summed E-state index contributed by atoms with van der Waals surface area (Å²) < 4.78 is 2.55. The lowest BCUT2D eigenvalue weighted by Gasteiger charge is -2.03. The van der Waals surface area contributed by atoms with Crippen LogP contribution in [0.4, 0.5) is 0 Å². The van der Waals surface area contributed by atoms with Gasteiger partial charge in [0.05, 0.1) is 19.5 Å². The Bertz CT molecular complexity index is 1220. The topological polar surface area (TPSA) is 25.8 Å². The molecular weight excluding hydrogens is 421 g/mol. The van der Waals surface area contributed by atoms with Gasteiger partial charge in [0.25, 0.3) is 0 Å². The van der Waals surface area contributed by atoms with Gasteiger partial charge in [-0.2, -0.15) is 0 Å². The van der Waals surface area contributed by atoms with E-state index in [4.69, 9.17) is 9.97 Å². The number of thioether (sulfide) groups is 4. The van der Waals surface area contributed by atoms with Crippen molar-refractivity contribution in [2.75, 3.05) is 0 Å². The van der Waals surface area contributed by atoms with Crippen molar-refractivity contribution in [3.8, 4) is 0 Å². The minimum atomic E-state index is 0.979. The Labute approximate surface area is 178 Å². The number of fused-ring (bicyclic) bond motifs is 3. The van der Waals surface area contributed by atoms with Crippen LogP contribution in [0.1, 0.15) is 0 Å². The fraction of sp³-hybridized carbons (Fsp3) is 0. The Morgan fingerprint density at radius 2 is 0.821 bits per heavy atom. The predicted octanol–water partition coefficient (Wildman–Crippen LogP) is 5.56. The fourth-order valence-electron chi connectivity index (χ4n) is 3.28. The summed E-state index contributed by atoms with van der Waals surface area (Å²) in [7, 11) is 0. The van der Waals surface area contributed by atoms with E-state index in [-0.39, 0.29) is 0 Å². The third-order valence-corrected chi connectivity index (χ3v) is 9.76. The second-order valence-electron chi connectivity index (χ2n) is 6.29. The second-order valence-corrected chi connectivity index (χ2v) is 11.0. The molecule has 134 valence electrons. The SMILES string of the molecule is c1ccc2c(c1)SC(=c1ccc(=C3Sc4ccccc4S3)c3nccnc13)S2. The number of hydrogen-bond donors (Lipinski definition) is 0. The number of rotatable bonds is 0. The summed E-state index contributed by atoms with van der Waals surface area (Å²) in [4.78, 5) is 14.7. The summed E-state index contributed by atoms with van der Waals surface area (Å²) in [6.07, 6.45) is 3.59. The van der Waals surface area contributed by atoms with Crippen LogP contribution in [-0.4, -0.2) is 9.97 Å². The first kappa shape index (κ1) is 17.0. The van der Waals surface area contributed by atoms with E-state index in [0.717, 1.165) is 11.0 Å². The van der Waals surface area contributed by atoms with Crippen LogP contribution in [-0.2, 0) is 0 Å². The van der Waals surface area contributed by atoms with Crippen LogP contribution < -0.4 is 10.4 Å². The van der Waals surface area contributed by atoms with Crippen LogP contribution >= 0.6 is 47.0 Å². The summed E-state index contributed by atoms with van der Waals surface area (Å²) in [5, 5.41) is 2.34. The molecule has 1 aromatic heterocycles. The highest BCUT2D eigenvalue weighted by Gasteiger charge is 2.21. The van der Waals surface area contributed by atoms with Gasteiger partial charge in [-0.15, -0.1) is 0 Å². The molecule has 0 amide bonds. The van der Waals surface area contributed by atoms with E-state index in [1.807, 2.05) is 47.0 Å². The summed E-state index contributed by atoms with van der Waals surface area (Å²) >= 11 is 7.31. The van der Waals surface area contributed by atoms with Crippen molar-refractivity contribution in [1.29, 1.82) is 0 Å². The smallest absolute Gasteiger partial charge is 0.0982 e. The van der Waals surface area contributed by atoms with Gasteiger partial charge in [-0.1, -0.05) is 83.4 Å². The Hall–Kier alpha value is -1.86. The fourth-order valence-corrected chi connectivity index (χ4v) is 8.35. The van der Waals surface area contributed by atoms with Gasteiger partial charge in [-0.3, -0.25) is 9.97 Å². The van der Waals surface area contributed by atoms with Gasteiger partial charge in [0.15, 0.2) is 0 Å². The second kappa shape index (κ2) is 6.88. The molecule has 0 saturated carbocycles. The van der Waals surface area contributed by atoms with E-state index in [0.29, 0.717) is 0 Å². The van der Waals surface area contributed by atoms with E-state index in [1.165, 1.54) is 38.5 Å². The van der Waals surface area contributed by atoms with Gasteiger partial charge in [0.2, 0.25) is 0 Å². The Morgan fingerprint density at radius 3 is 1.18 bits per heavy atom. The highest BCUT2D eigenvalue weighted by molar-refractivity contribution is 8.32. The zero-order valence-electron chi connectivity index (χ0n) is 14.5. The molecule has 0 aliphatic carbocycles. The van der Waals surface area contributed by atoms with Crippen molar-refractivity contribution in [1.82, 2.24) is 9.97 Å². The lowest BCUT2D eigenvalue weighted by atomic mass is 10.2. The van der Waals surface area contributed by atoms with E-state index in [1.54, 1.807) is 12.4 Å². The molecule has 0 spiro atoms. The van der Waals surface area contributed by atoms with Gasteiger partial charge >= 0.3 is 0 Å². The Kier molecular flexibility index (Phi) is 4.19. The van der Waals surface area contributed by atoms with Gasteiger partial charge in [0.1, 0.15) is 0 Å². The number of hydrogen-bond acceptors (Lipinski definition) is 6. The third kappa shape index (κ3) is 2.78.